The molecule has 0 unspecified atom stereocenters. The van der Waals surface area contributed by atoms with Gasteiger partial charge in [-0.1, -0.05) is 114 Å². The molecule has 228 valence electrons. The van der Waals surface area contributed by atoms with E-state index in [-0.39, 0.29) is 10.8 Å². The van der Waals surface area contributed by atoms with Crippen molar-refractivity contribution in [2.45, 2.75) is 32.0 Å². The van der Waals surface area contributed by atoms with Crippen LogP contribution in [-0.2, 0) is 25.1 Å². The predicted molar refractivity (Wildman–Crippen MR) is 182 cm³/mol. The Labute approximate surface area is 270 Å². The van der Waals surface area contributed by atoms with Gasteiger partial charge in [0, 0.05) is 19.2 Å². The molecule has 0 aliphatic carbocycles. The first-order chi connectivity index (χ1) is 22.6. The number of thiazole rings is 1. The van der Waals surface area contributed by atoms with Crippen molar-refractivity contribution in [1.82, 2.24) is 19.1 Å². The number of benzene rings is 4. The van der Waals surface area contributed by atoms with E-state index in [4.69, 9.17) is 9.72 Å². The fourth-order valence-electron chi connectivity index (χ4n) is 6.23. The largest absolute Gasteiger partial charge is 0.494 e. The highest BCUT2D eigenvalue weighted by Crippen LogP contribution is 2.43. The Kier molecular flexibility index (Phi) is 7.95. The van der Waals surface area contributed by atoms with E-state index in [1.807, 2.05) is 127 Å². The zero-order chi connectivity index (χ0) is 31.5. The standard InChI is InChI=1S/C38H32N4O3S/c1-2-41-34(40-32-19-12-24-39-35(32)41)26-45-31-22-20-27(21-23-31)25-33-36(43)42(37(44)46-33)38(28-13-6-3-7-14-28,29-15-8-4-9-16-29)30-17-10-5-11-18-30/h3-24,43H,2,25-26H2,1H3. The van der Waals surface area contributed by atoms with Crippen LogP contribution in [0.2, 0.25) is 0 Å². The molecule has 0 saturated carbocycles. The monoisotopic (exact) mass is 624 g/mol. The summed E-state index contributed by atoms with van der Waals surface area (Å²) >= 11 is 1.07. The molecular formula is C38H32N4O3S. The number of aryl methyl sites for hydroxylation is 1. The smallest absolute Gasteiger partial charge is 0.311 e. The van der Waals surface area contributed by atoms with Gasteiger partial charge in [-0.3, -0.25) is 9.36 Å². The Hall–Kier alpha value is -5.47. The Morgan fingerprint density at radius 2 is 1.37 bits per heavy atom. The molecule has 4 aromatic carbocycles. The Bertz CT molecular complexity index is 2040. The zero-order valence-corrected chi connectivity index (χ0v) is 26.1. The van der Waals surface area contributed by atoms with Gasteiger partial charge < -0.3 is 14.4 Å². The van der Waals surface area contributed by atoms with Crippen LogP contribution in [0.25, 0.3) is 11.2 Å². The molecule has 7 rings (SSSR count). The number of aromatic hydroxyl groups is 1. The van der Waals surface area contributed by atoms with Gasteiger partial charge >= 0.3 is 4.87 Å². The van der Waals surface area contributed by atoms with E-state index >= 15 is 0 Å². The van der Waals surface area contributed by atoms with Crippen LogP contribution in [0.15, 0.2) is 138 Å². The second kappa shape index (κ2) is 12.5. The predicted octanol–water partition coefficient (Wildman–Crippen LogP) is 7.39. The maximum atomic E-state index is 14.0. The molecular weight excluding hydrogens is 593 g/mol. The van der Waals surface area contributed by atoms with Gasteiger partial charge in [0.05, 0.1) is 4.88 Å². The van der Waals surface area contributed by atoms with Crippen LogP contribution in [0, 0.1) is 0 Å². The quantitative estimate of drug-likeness (QED) is 0.161. The molecule has 0 bridgehead atoms. The first kappa shape index (κ1) is 29.3. The van der Waals surface area contributed by atoms with Crippen molar-refractivity contribution in [3.63, 3.8) is 0 Å². The van der Waals surface area contributed by atoms with Crippen LogP contribution in [0.5, 0.6) is 11.6 Å². The maximum absolute atomic E-state index is 14.0. The molecule has 0 aliphatic heterocycles. The summed E-state index contributed by atoms with van der Waals surface area (Å²) < 4.78 is 9.71. The Morgan fingerprint density at radius 1 is 0.783 bits per heavy atom. The highest BCUT2D eigenvalue weighted by atomic mass is 32.1. The molecule has 0 saturated heterocycles. The maximum Gasteiger partial charge on any atom is 0.311 e. The number of ether oxygens (including phenoxy) is 1. The van der Waals surface area contributed by atoms with Crippen LogP contribution < -0.4 is 9.61 Å². The minimum atomic E-state index is -1.08. The van der Waals surface area contributed by atoms with Gasteiger partial charge in [0.1, 0.15) is 29.2 Å². The summed E-state index contributed by atoms with van der Waals surface area (Å²) in [4.78, 5) is 23.5. The fourth-order valence-corrected chi connectivity index (χ4v) is 7.18. The van der Waals surface area contributed by atoms with E-state index < -0.39 is 5.54 Å². The van der Waals surface area contributed by atoms with E-state index in [1.54, 1.807) is 10.8 Å². The number of pyridine rings is 1. The average Bonchev–Trinajstić information content (AvgIpc) is 3.61. The first-order valence-corrected chi connectivity index (χ1v) is 16.0. The number of aromatic nitrogens is 4. The molecule has 3 heterocycles. The number of imidazole rings is 1. The van der Waals surface area contributed by atoms with Gasteiger partial charge in [0.2, 0.25) is 5.88 Å². The lowest BCUT2D eigenvalue weighted by molar-refractivity contribution is 0.290. The van der Waals surface area contributed by atoms with Gasteiger partial charge in [-0.05, 0) is 53.4 Å². The molecule has 0 atom stereocenters. The van der Waals surface area contributed by atoms with Crippen molar-refractivity contribution in [3.8, 4) is 11.6 Å². The van der Waals surface area contributed by atoms with Gasteiger partial charge in [0.25, 0.3) is 0 Å². The molecule has 0 spiro atoms. The number of nitrogens with zero attached hydrogens (tertiary/aromatic N) is 4. The molecule has 7 nitrogen and oxygen atoms in total. The summed E-state index contributed by atoms with van der Waals surface area (Å²) in [5.41, 5.74) is 4.20. The highest BCUT2D eigenvalue weighted by Gasteiger charge is 2.42. The van der Waals surface area contributed by atoms with Crippen molar-refractivity contribution in [3.05, 3.63) is 176 Å². The summed E-state index contributed by atoms with van der Waals surface area (Å²) in [6, 6.07) is 41.3. The number of fused-ring (bicyclic) bond motifs is 1. The molecule has 7 aromatic rings. The molecule has 1 N–H and O–H groups in total. The van der Waals surface area contributed by atoms with Crippen LogP contribution in [0.1, 0.15) is 39.9 Å². The van der Waals surface area contributed by atoms with Crippen LogP contribution in [0.4, 0.5) is 0 Å². The minimum absolute atomic E-state index is 0.0426. The topological polar surface area (TPSA) is 82.2 Å². The number of hydrogen-bond acceptors (Lipinski definition) is 6. The van der Waals surface area contributed by atoms with E-state index in [9.17, 15) is 9.90 Å². The molecule has 46 heavy (non-hydrogen) atoms. The second-order valence-electron chi connectivity index (χ2n) is 11.0. The van der Waals surface area contributed by atoms with E-state index in [2.05, 4.69) is 16.5 Å². The molecule has 0 amide bonds. The summed E-state index contributed by atoms with van der Waals surface area (Å²) in [6.45, 7) is 3.13. The second-order valence-corrected chi connectivity index (χ2v) is 12.0. The number of rotatable bonds is 10. The normalized spacial score (nSPS) is 11.6. The lowest BCUT2D eigenvalue weighted by Gasteiger charge is -2.37. The Morgan fingerprint density at radius 3 is 1.93 bits per heavy atom. The van der Waals surface area contributed by atoms with Gasteiger partial charge in [0.15, 0.2) is 5.65 Å². The minimum Gasteiger partial charge on any atom is -0.494 e. The van der Waals surface area contributed by atoms with E-state index in [0.717, 1.165) is 57.1 Å². The first-order valence-electron chi connectivity index (χ1n) is 15.2. The lowest BCUT2D eigenvalue weighted by atomic mass is 9.76. The zero-order valence-electron chi connectivity index (χ0n) is 25.3. The highest BCUT2D eigenvalue weighted by molar-refractivity contribution is 7.09. The van der Waals surface area contributed by atoms with E-state index in [1.165, 1.54) is 0 Å². The molecule has 0 radical (unpaired) electrons. The third kappa shape index (κ3) is 5.16. The summed E-state index contributed by atoms with van der Waals surface area (Å²) in [7, 11) is 0. The number of hydrogen-bond donors (Lipinski definition) is 1. The summed E-state index contributed by atoms with van der Waals surface area (Å²) in [6.07, 6.45) is 2.16. The van der Waals surface area contributed by atoms with Crippen LogP contribution in [0.3, 0.4) is 0 Å². The van der Waals surface area contributed by atoms with Crippen molar-refractivity contribution in [2.75, 3.05) is 0 Å². The third-order valence-corrected chi connectivity index (χ3v) is 9.25. The molecule has 0 aliphatic rings. The molecule has 0 fully saturated rings. The van der Waals surface area contributed by atoms with Gasteiger partial charge in [-0.15, -0.1) is 0 Å². The van der Waals surface area contributed by atoms with Crippen LogP contribution >= 0.6 is 11.3 Å². The van der Waals surface area contributed by atoms with Crippen molar-refractivity contribution in [2.24, 2.45) is 0 Å². The van der Waals surface area contributed by atoms with Crippen molar-refractivity contribution >= 4 is 22.5 Å². The summed E-state index contributed by atoms with van der Waals surface area (Å²) in [5.74, 6) is 1.48. The van der Waals surface area contributed by atoms with Crippen molar-refractivity contribution < 1.29 is 9.84 Å². The van der Waals surface area contributed by atoms with Gasteiger partial charge in [-0.2, -0.15) is 0 Å². The average molecular weight is 625 g/mol. The van der Waals surface area contributed by atoms with Crippen molar-refractivity contribution in [1.29, 1.82) is 0 Å². The van der Waals surface area contributed by atoms with Gasteiger partial charge in [-0.25, -0.2) is 9.97 Å². The Balaban J connectivity index is 1.22. The summed E-state index contributed by atoms with van der Waals surface area (Å²) in [5, 5.41) is 11.9. The molecule has 8 heteroatoms. The van der Waals surface area contributed by atoms with Crippen LogP contribution in [-0.4, -0.2) is 24.2 Å². The third-order valence-electron chi connectivity index (χ3n) is 8.32. The van der Waals surface area contributed by atoms with E-state index in [0.29, 0.717) is 23.7 Å². The molecule has 3 aromatic heterocycles. The fraction of sp³-hybridized carbons (Fsp3) is 0.132. The lowest BCUT2D eigenvalue weighted by Crippen LogP contribution is -2.42. The SMILES string of the molecule is CCn1c(COc2ccc(Cc3sc(=O)n(C(c4ccccc4)(c4ccccc4)c4ccccc4)c3O)cc2)nc2cccnc21.